The molecule has 0 saturated heterocycles. The summed E-state index contributed by atoms with van der Waals surface area (Å²) in [7, 11) is 0. The second-order valence-corrected chi connectivity index (χ2v) is 9.53. The molecule has 36 heavy (non-hydrogen) atoms. The van der Waals surface area contributed by atoms with Gasteiger partial charge in [0.05, 0.1) is 11.0 Å². The van der Waals surface area contributed by atoms with Crippen LogP contribution in [0.3, 0.4) is 0 Å². The molecule has 0 atom stereocenters. The fraction of sp³-hybridized carbons (Fsp3) is 0. The molecular weight excluding hydrogens is 443 g/mol. The Morgan fingerprint density at radius 2 is 1.50 bits per heavy atom. The van der Waals surface area contributed by atoms with Crippen LogP contribution in [0.5, 0.6) is 11.5 Å². The number of fused-ring (bicyclic) bond motifs is 8. The molecule has 0 saturated carbocycles. The molecule has 166 valence electrons. The molecule has 5 heteroatoms. The molecule has 0 N–H and O–H groups in total. The van der Waals surface area contributed by atoms with Crippen LogP contribution in [0.1, 0.15) is 0 Å². The highest BCUT2D eigenvalue weighted by atomic mass is 16.5. The van der Waals surface area contributed by atoms with Gasteiger partial charge >= 0.3 is 0 Å². The number of furan rings is 1. The first kappa shape index (κ1) is 18.5. The monoisotopic (exact) mass is 460 g/mol. The minimum absolute atomic E-state index is 0.0132. The average Bonchev–Trinajstić information content (AvgIpc) is 3.50. The Balaban J connectivity index is 1.54. The van der Waals surface area contributed by atoms with Gasteiger partial charge in [0.2, 0.25) is 0 Å². The van der Waals surface area contributed by atoms with Crippen molar-refractivity contribution in [1.82, 2.24) is 9.55 Å². The second kappa shape index (κ2) is 6.46. The highest BCUT2D eigenvalue weighted by molar-refractivity contribution is 7.00. The fourth-order valence-corrected chi connectivity index (χ4v) is 6.23. The van der Waals surface area contributed by atoms with Crippen molar-refractivity contribution in [3.8, 4) is 28.6 Å². The van der Waals surface area contributed by atoms with Gasteiger partial charge in [-0.15, -0.1) is 0 Å². The van der Waals surface area contributed by atoms with Crippen molar-refractivity contribution in [2.75, 3.05) is 0 Å². The number of para-hydroxylation sites is 2. The van der Waals surface area contributed by atoms with E-state index in [0.29, 0.717) is 0 Å². The predicted octanol–water partition coefficient (Wildman–Crippen LogP) is 5.53. The van der Waals surface area contributed by atoms with Gasteiger partial charge in [-0.2, -0.15) is 0 Å². The van der Waals surface area contributed by atoms with Crippen molar-refractivity contribution in [1.29, 1.82) is 0 Å². The van der Waals surface area contributed by atoms with Gasteiger partial charge in [0.15, 0.2) is 0 Å². The number of ether oxygens (including phenoxy) is 1. The normalized spacial score (nSPS) is 13.2. The molecular formula is C31H17BN2O2. The Morgan fingerprint density at radius 1 is 0.694 bits per heavy atom. The van der Waals surface area contributed by atoms with Gasteiger partial charge in [-0.3, -0.25) is 4.57 Å². The maximum atomic E-state index is 6.63. The first-order chi connectivity index (χ1) is 17.9. The highest BCUT2D eigenvalue weighted by Crippen LogP contribution is 2.39. The summed E-state index contributed by atoms with van der Waals surface area (Å²) in [6.07, 6.45) is 0. The van der Waals surface area contributed by atoms with Gasteiger partial charge in [-0.1, -0.05) is 72.8 Å². The van der Waals surface area contributed by atoms with E-state index < -0.39 is 0 Å². The number of aromatic nitrogens is 2. The number of nitrogens with zero attached hydrogens (tertiary/aromatic N) is 2. The zero-order valence-corrected chi connectivity index (χ0v) is 19.1. The fourth-order valence-electron chi connectivity index (χ4n) is 6.23. The van der Waals surface area contributed by atoms with Crippen molar-refractivity contribution in [3.63, 3.8) is 0 Å². The van der Waals surface area contributed by atoms with Crippen LogP contribution in [0, 0.1) is 0 Å². The molecule has 4 heterocycles. The van der Waals surface area contributed by atoms with Gasteiger partial charge in [0.1, 0.15) is 28.5 Å². The Hall–Kier alpha value is -4.77. The zero-order chi connectivity index (χ0) is 23.4. The van der Waals surface area contributed by atoms with Gasteiger partial charge in [0, 0.05) is 22.0 Å². The Labute approximate surface area is 206 Å². The van der Waals surface area contributed by atoms with E-state index in [1.54, 1.807) is 0 Å². The lowest BCUT2D eigenvalue weighted by Gasteiger charge is -2.32. The van der Waals surface area contributed by atoms with E-state index in [9.17, 15) is 0 Å². The highest BCUT2D eigenvalue weighted by Gasteiger charge is 2.42. The van der Waals surface area contributed by atoms with Crippen molar-refractivity contribution < 1.29 is 9.15 Å². The van der Waals surface area contributed by atoms with Gasteiger partial charge < -0.3 is 9.15 Å². The molecule has 0 spiro atoms. The first-order valence-corrected chi connectivity index (χ1v) is 12.2. The van der Waals surface area contributed by atoms with Crippen molar-refractivity contribution in [2.24, 2.45) is 0 Å². The third-order valence-electron chi connectivity index (χ3n) is 7.66. The van der Waals surface area contributed by atoms with Gasteiger partial charge in [-0.25, -0.2) is 4.98 Å². The number of hydrogen-bond acceptors (Lipinski definition) is 3. The van der Waals surface area contributed by atoms with E-state index in [2.05, 4.69) is 83.4 Å². The van der Waals surface area contributed by atoms with E-state index in [4.69, 9.17) is 14.1 Å². The van der Waals surface area contributed by atoms with Crippen LogP contribution in [-0.4, -0.2) is 16.3 Å². The lowest BCUT2D eigenvalue weighted by atomic mass is 9.34. The van der Waals surface area contributed by atoms with E-state index in [-0.39, 0.29) is 6.71 Å². The molecule has 5 aromatic carbocycles. The Kier molecular flexibility index (Phi) is 3.33. The molecule has 0 radical (unpaired) electrons. The summed E-state index contributed by atoms with van der Waals surface area (Å²) in [6.45, 7) is -0.0132. The molecule has 2 aliphatic rings. The van der Waals surface area contributed by atoms with Gasteiger partial charge in [0.25, 0.3) is 6.71 Å². The second-order valence-electron chi connectivity index (χ2n) is 9.53. The van der Waals surface area contributed by atoms with Crippen LogP contribution < -0.4 is 21.1 Å². The Morgan fingerprint density at radius 3 is 2.44 bits per heavy atom. The van der Waals surface area contributed by atoms with Crippen LogP contribution >= 0.6 is 0 Å². The molecule has 2 aliphatic heterocycles. The molecule has 0 unspecified atom stereocenters. The lowest BCUT2D eigenvalue weighted by Crippen LogP contribution is -2.58. The number of rotatable bonds is 1. The molecule has 0 amide bonds. The molecule has 0 aliphatic carbocycles. The lowest BCUT2D eigenvalue weighted by molar-refractivity contribution is 0.487. The standard InChI is InChI=1S/C31H17BN2O2/c1-2-9-18(10-3-1)31-33-22-17-20-19-11-4-6-14-24(19)36-30(20)28-29(22)34(31)23-13-8-16-26-27(23)32(28)21-12-5-7-15-25(21)35-26/h1-17H. The smallest absolute Gasteiger partial charge is 0.261 e. The van der Waals surface area contributed by atoms with Crippen molar-refractivity contribution in [2.45, 2.75) is 0 Å². The summed E-state index contributed by atoms with van der Waals surface area (Å²) in [5.74, 6) is 2.70. The third-order valence-corrected chi connectivity index (χ3v) is 7.66. The number of hydrogen-bond donors (Lipinski definition) is 0. The Bertz CT molecular complexity index is 2040. The maximum Gasteiger partial charge on any atom is 0.261 e. The molecule has 7 aromatic rings. The van der Waals surface area contributed by atoms with Crippen molar-refractivity contribution >= 4 is 56.1 Å². The zero-order valence-electron chi connectivity index (χ0n) is 19.1. The number of imidazole rings is 1. The minimum atomic E-state index is -0.0132. The van der Waals surface area contributed by atoms with E-state index in [1.165, 1.54) is 0 Å². The SMILES string of the molecule is c1ccc(-c2nc3cc4c(oc5ccccc54)c4c3n2-c2cccc3c2B4c2ccccc2O3)cc1. The van der Waals surface area contributed by atoms with E-state index >= 15 is 0 Å². The van der Waals surface area contributed by atoms with E-state index in [1.807, 2.05) is 24.3 Å². The van der Waals surface area contributed by atoms with Crippen LogP contribution in [0.15, 0.2) is 108 Å². The molecule has 2 aromatic heterocycles. The summed E-state index contributed by atoms with van der Waals surface area (Å²) >= 11 is 0. The summed E-state index contributed by atoms with van der Waals surface area (Å²) in [5, 5.41) is 2.21. The minimum Gasteiger partial charge on any atom is -0.458 e. The topological polar surface area (TPSA) is 40.2 Å². The predicted molar refractivity (Wildman–Crippen MR) is 145 cm³/mol. The molecule has 4 nitrogen and oxygen atoms in total. The summed E-state index contributed by atoms with van der Waals surface area (Å²) in [6, 6.07) is 35.6. The maximum absolute atomic E-state index is 6.63. The molecule has 9 rings (SSSR count). The summed E-state index contributed by atoms with van der Waals surface area (Å²) in [5.41, 5.74) is 9.55. The van der Waals surface area contributed by atoms with Gasteiger partial charge in [-0.05, 0) is 46.7 Å². The first-order valence-electron chi connectivity index (χ1n) is 12.2. The summed E-state index contributed by atoms with van der Waals surface area (Å²) in [4.78, 5) is 5.25. The summed E-state index contributed by atoms with van der Waals surface area (Å²) < 4.78 is 15.4. The van der Waals surface area contributed by atoms with Crippen LogP contribution in [0.4, 0.5) is 0 Å². The van der Waals surface area contributed by atoms with Crippen molar-refractivity contribution in [3.05, 3.63) is 103 Å². The van der Waals surface area contributed by atoms with Crippen LogP contribution in [0.2, 0.25) is 0 Å². The average molecular weight is 460 g/mol. The molecule has 0 fully saturated rings. The largest absolute Gasteiger partial charge is 0.458 e. The quantitative estimate of drug-likeness (QED) is 0.303. The molecule has 0 bridgehead atoms. The van der Waals surface area contributed by atoms with Crippen LogP contribution in [-0.2, 0) is 0 Å². The number of benzene rings is 5. The van der Waals surface area contributed by atoms with Crippen LogP contribution in [0.25, 0.3) is 50.0 Å². The third kappa shape index (κ3) is 2.19. The van der Waals surface area contributed by atoms with E-state index in [0.717, 1.165) is 77.9 Å².